The van der Waals surface area contributed by atoms with E-state index in [0.717, 1.165) is 6.04 Å². The number of carbonyl (C=O) groups excluding carboxylic acids is 1. The molecule has 1 heterocycles. The standard InChI is InChI=1S/C5H12N2.CH2O2/c6-5-1-3-7-4-2-5;2-1-3/h5,7H,1-4,6H2;1H,(H,2,3). The summed E-state index contributed by atoms with van der Waals surface area (Å²) < 4.78 is 0. The van der Waals surface area contributed by atoms with Crippen LogP contribution in [0.3, 0.4) is 0 Å². The zero-order chi connectivity index (χ0) is 7.82. The number of hydrogen-bond acceptors (Lipinski definition) is 3. The Hall–Kier alpha value is -0.610. The van der Waals surface area contributed by atoms with E-state index in [-0.39, 0.29) is 0 Å². The molecular weight excluding hydrogens is 132 g/mol. The molecule has 1 aliphatic rings. The maximum Gasteiger partial charge on any atom is 0.0868 e. The third-order valence-corrected chi connectivity index (χ3v) is 1.46. The van der Waals surface area contributed by atoms with Gasteiger partial charge >= 0.3 is 0 Å². The first kappa shape index (κ1) is 9.39. The lowest BCUT2D eigenvalue weighted by molar-refractivity contribution is -0.423. The molecule has 0 saturated carbocycles. The molecule has 0 radical (unpaired) electrons. The van der Waals surface area contributed by atoms with Gasteiger partial charge in [-0.2, -0.15) is 0 Å². The molecule has 4 nitrogen and oxygen atoms in total. The Morgan fingerprint density at radius 2 is 1.90 bits per heavy atom. The van der Waals surface area contributed by atoms with Crippen LogP contribution < -0.4 is 16.2 Å². The number of carboxylic acid groups (broad SMARTS) is 1. The average Bonchev–Trinajstić information content (AvgIpc) is 1.91. The molecule has 0 aromatic carbocycles. The zero-order valence-electron chi connectivity index (χ0n) is 6.01. The topological polar surface area (TPSA) is 79.8 Å². The zero-order valence-corrected chi connectivity index (χ0v) is 6.01. The molecule has 0 spiro atoms. The number of piperidine rings is 1. The molecule has 10 heavy (non-hydrogen) atoms. The molecule has 1 rings (SSSR count). The predicted molar refractivity (Wildman–Crippen MR) is 34.8 cm³/mol. The van der Waals surface area contributed by atoms with Crippen LogP contribution in [0.2, 0.25) is 0 Å². The number of hydrogen-bond donors (Lipinski definition) is 2. The number of quaternary nitrogens is 1. The first-order valence-electron chi connectivity index (χ1n) is 3.40. The van der Waals surface area contributed by atoms with Gasteiger partial charge in [-0.1, -0.05) is 0 Å². The van der Waals surface area contributed by atoms with Gasteiger partial charge in [-0.05, 0) is 0 Å². The average molecular weight is 146 g/mol. The first-order valence-corrected chi connectivity index (χ1v) is 3.40. The Kier molecular flexibility index (Phi) is 6.11. The molecular formula is C6H14N2O2. The van der Waals surface area contributed by atoms with Gasteiger partial charge in [0.05, 0.1) is 6.04 Å². The summed E-state index contributed by atoms with van der Waals surface area (Å²) >= 11 is 0. The minimum Gasteiger partial charge on any atom is -0.554 e. The summed E-state index contributed by atoms with van der Waals surface area (Å²) in [6.07, 6.45) is 2.53. The van der Waals surface area contributed by atoms with E-state index in [1.54, 1.807) is 0 Å². The molecule has 1 saturated heterocycles. The van der Waals surface area contributed by atoms with Gasteiger partial charge in [0.1, 0.15) is 0 Å². The first-order chi connectivity index (χ1) is 4.81. The van der Waals surface area contributed by atoms with Crippen LogP contribution in [0, 0.1) is 0 Å². The van der Waals surface area contributed by atoms with Crippen molar-refractivity contribution in [2.24, 2.45) is 0 Å². The Balaban J connectivity index is 0.000000236. The number of rotatable bonds is 0. The molecule has 60 valence electrons. The Bertz CT molecular complexity index is 81.8. The molecule has 0 aromatic heterocycles. The summed E-state index contributed by atoms with van der Waals surface area (Å²) in [5.74, 6) is 0. The van der Waals surface area contributed by atoms with Crippen LogP contribution in [-0.4, -0.2) is 25.6 Å². The van der Waals surface area contributed by atoms with Crippen LogP contribution in [0.5, 0.6) is 0 Å². The predicted octanol–water partition coefficient (Wildman–Crippen LogP) is -2.65. The van der Waals surface area contributed by atoms with Crippen molar-refractivity contribution in [1.82, 2.24) is 5.32 Å². The van der Waals surface area contributed by atoms with E-state index < -0.39 is 6.47 Å². The van der Waals surface area contributed by atoms with E-state index in [2.05, 4.69) is 11.1 Å². The quantitative estimate of drug-likeness (QED) is 0.366. The Labute approximate surface area is 60.4 Å². The molecule has 4 heteroatoms. The third kappa shape index (κ3) is 5.53. The van der Waals surface area contributed by atoms with Crippen molar-refractivity contribution in [1.29, 1.82) is 0 Å². The van der Waals surface area contributed by atoms with Crippen molar-refractivity contribution in [2.75, 3.05) is 13.1 Å². The van der Waals surface area contributed by atoms with Gasteiger partial charge in [0, 0.05) is 32.4 Å². The normalized spacial score (nSPS) is 18.9. The molecule has 0 amide bonds. The van der Waals surface area contributed by atoms with Gasteiger partial charge in [-0.3, -0.25) is 0 Å². The van der Waals surface area contributed by atoms with Crippen molar-refractivity contribution in [3.05, 3.63) is 0 Å². The fourth-order valence-electron chi connectivity index (χ4n) is 0.882. The molecule has 1 aliphatic heterocycles. The SMILES string of the molecule is O=C[O-].[NH3+]C1CCNCC1. The monoisotopic (exact) mass is 146 g/mol. The van der Waals surface area contributed by atoms with Crippen LogP contribution in [0.25, 0.3) is 0 Å². The van der Waals surface area contributed by atoms with Crippen molar-refractivity contribution >= 4 is 6.47 Å². The molecule has 4 N–H and O–H groups in total. The lowest BCUT2D eigenvalue weighted by Crippen LogP contribution is -2.63. The second-order valence-electron chi connectivity index (χ2n) is 2.29. The fourth-order valence-corrected chi connectivity index (χ4v) is 0.882. The highest BCUT2D eigenvalue weighted by atomic mass is 16.3. The van der Waals surface area contributed by atoms with Gasteiger partial charge in [-0.15, -0.1) is 0 Å². The van der Waals surface area contributed by atoms with Crippen molar-refractivity contribution in [3.8, 4) is 0 Å². The summed E-state index contributed by atoms with van der Waals surface area (Å²) in [4.78, 5) is 8.25. The molecule has 0 aromatic rings. The van der Waals surface area contributed by atoms with Crippen LogP contribution in [0.4, 0.5) is 0 Å². The van der Waals surface area contributed by atoms with E-state index in [1.807, 2.05) is 0 Å². The van der Waals surface area contributed by atoms with E-state index in [4.69, 9.17) is 9.90 Å². The summed E-state index contributed by atoms with van der Waals surface area (Å²) in [6.45, 7) is 1.85. The second kappa shape index (κ2) is 6.51. The van der Waals surface area contributed by atoms with Gasteiger partial charge in [-0.25, -0.2) is 0 Å². The van der Waals surface area contributed by atoms with Gasteiger partial charge in [0.2, 0.25) is 0 Å². The molecule has 1 fully saturated rings. The summed E-state index contributed by atoms with van der Waals surface area (Å²) in [5, 5.41) is 11.5. The van der Waals surface area contributed by atoms with Crippen LogP contribution >= 0.6 is 0 Å². The van der Waals surface area contributed by atoms with Crippen LogP contribution in [0.15, 0.2) is 0 Å². The Morgan fingerprint density at radius 3 is 2.10 bits per heavy atom. The molecule has 0 unspecified atom stereocenters. The fraction of sp³-hybridized carbons (Fsp3) is 0.833. The smallest absolute Gasteiger partial charge is 0.0868 e. The van der Waals surface area contributed by atoms with Crippen molar-refractivity contribution in [3.63, 3.8) is 0 Å². The molecule has 0 bridgehead atoms. The highest BCUT2D eigenvalue weighted by Gasteiger charge is 2.08. The van der Waals surface area contributed by atoms with Gasteiger partial charge in [0.15, 0.2) is 0 Å². The van der Waals surface area contributed by atoms with Crippen LogP contribution in [-0.2, 0) is 4.79 Å². The highest BCUT2D eigenvalue weighted by Crippen LogP contribution is 1.94. The van der Waals surface area contributed by atoms with E-state index in [0.29, 0.717) is 0 Å². The highest BCUT2D eigenvalue weighted by molar-refractivity contribution is 5.29. The summed E-state index contributed by atoms with van der Waals surface area (Å²) in [5.41, 5.74) is 3.96. The minimum atomic E-state index is -0.500. The third-order valence-electron chi connectivity index (χ3n) is 1.46. The van der Waals surface area contributed by atoms with E-state index >= 15 is 0 Å². The summed E-state index contributed by atoms with van der Waals surface area (Å²) in [6, 6.07) is 0.723. The largest absolute Gasteiger partial charge is 0.554 e. The van der Waals surface area contributed by atoms with Crippen LogP contribution in [0.1, 0.15) is 12.8 Å². The molecule has 0 aliphatic carbocycles. The van der Waals surface area contributed by atoms with Crippen molar-refractivity contribution < 1.29 is 15.6 Å². The van der Waals surface area contributed by atoms with Gasteiger partial charge in [0.25, 0.3) is 0 Å². The van der Waals surface area contributed by atoms with E-state index in [9.17, 15) is 0 Å². The Morgan fingerprint density at radius 1 is 1.50 bits per heavy atom. The second-order valence-corrected chi connectivity index (χ2v) is 2.29. The van der Waals surface area contributed by atoms with E-state index in [1.165, 1.54) is 25.9 Å². The number of carbonyl (C=O) groups is 1. The lowest BCUT2D eigenvalue weighted by atomic mass is 10.1. The van der Waals surface area contributed by atoms with Crippen molar-refractivity contribution in [2.45, 2.75) is 18.9 Å². The summed E-state index contributed by atoms with van der Waals surface area (Å²) in [7, 11) is 0. The lowest BCUT2D eigenvalue weighted by Gasteiger charge is -2.14. The maximum atomic E-state index is 8.25. The maximum absolute atomic E-state index is 8.25. The number of nitrogens with one attached hydrogen (secondary N) is 1. The minimum absolute atomic E-state index is 0.500. The van der Waals surface area contributed by atoms with Gasteiger partial charge < -0.3 is 21.0 Å². The molecule has 0 atom stereocenters.